The number of aliphatic hydroxyl groups is 1. The number of rotatable bonds is 5. The molecule has 0 bridgehead atoms. The molecule has 0 spiro atoms. The number of hydrogen-bond donors (Lipinski definition) is 1. The first-order valence-corrected chi connectivity index (χ1v) is 10.5. The third kappa shape index (κ3) is 5.08. The Morgan fingerprint density at radius 3 is 2.45 bits per heavy atom. The molecular weight excluding hydrogens is 427 g/mol. The van der Waals surface area contributed by atoms with Gasteiger partial charge in [0.2, 0.25) is 0 Å². The zero-order valence-electron chi connectivity index (χ0n) is 17.8. The van der Waals surface area contributed by atoms with E-state index in [1.807, 2.05) is 49.3 Å². The summed E-state index contributed by atoms with van der Waals surface area (Å²) in [5.74, 6) is 0.446. The number of benzene rings is 2. The van der Waals surface area contributed by atoms with Gasteiger partial charge < -0.3 is 14.7 Å². The molecule has 0 amide bonds. The Bertz CT molecular complexity index is 941. The molecule has 1 aliphatic carbocycles. The Morgan fingerprint density at radius 1 is 1.19 bits per heavy atom. The second-order valence-electron chi connectivity index (χ2n) is 8.25. The minimum absolute atomic E-state index is 0.218. The summed E-state index contributed by atoms with van der Waals surface area (Å²) in [5.41, 5.74) is -0.697. The molecule has 2 unspecified atom stereocenters. The molecule has 0 saturated heterocycles. The lowest BCUT2D eigenvalue weighted by atomic mass is 9.67. The Balaban J connectivity index is 2.15. The summed E-state index contributed by atoms with van der Waals surface area (Å²) in [4.78, 5) is 1.95. The van der Waals surface area contributed by atoms with E-state index in [4.69, 9.17) is 16.3 Å². The maximum atomic E-state index is 13.5. The van der Waals surface area contributed by atoms with Gasteiger partial charge in [0.25, 0.3) is 0 Å². The van der Waals surface area contributed by atoms with Gasteiger partial charge >= 0.3 is 6.18 Å². The maximum Gasteiger partial charge on any atom is 0.417 e. The number of nitrogens with zero attached hydrogens (tertiary/aromatic N) is 1. The lowest BCUT2D eigenvalue weighted by Gasteiger charge is -2.44. The molecule has 0 heterocycles. The second kappa shape index (κ2) is 9.23. The van der Waals surface area contributed by atoms with Crippen molar-refractivity contribution in [3.63, 3.8) is 0 Å². The normalized spacial score (nSPS) is 23.4. The second-order valence-corrected chi connectivity index (χ2v) is 8.66. The molecule has 168 valence electrons. The first-order valence-electron chi connectivity index (χ1n) is 10.1. The van der Waals surface area contributed by atoms with Crippen LogP contribution in [0.2, 0.25) is 5.02 Å². The molecule has 3 rings (SSSR count). The third-order valence-electron chi connectivity index (χ3n) is 5.83. The van der Waals surface area contributed by atoms with E-state index < -0.39 is 17.3 Å². The molecule has 2 atom stereocenters. The van der Waals surface area contributed by atoms with Gasteiger partial charge in [-0.25, -0.2) is 0 Å². The van der Waals surface area contributed by atoms with Gasteiger partial charge in [-0.05, 0) is 74.3 Å². The Labute approximate surface area is 186 Å². The van der Waals surface area contributed by atoms with Crippen LogP contribution >= 0.6 is 11.6 Å². The van der Waals surface area contributed by atoms with E-state index in [-0.39, 0.29) is 16.5 Å². The molecule has 1 fully saturated rings. The summed E-state index contributed by atoms with van der Waals surface area (Å²) < 4.78 is 45.8. The summed E-state index contributed by atoms with van der Waals surface area (Å²) in [5, 5.41) is 11.6. The SMILES string of the molecule is COc1ccc(C=C2CCCC(CN(C)C)C2(O)c2ccc(Cl)c(C(F)(F)F)c2)cc1. The van der Waals surface area contributed by atoms with Gasteiger partial charge in [0.15, 0.2) is 0 Å². The minimum atomic E-state index is -4.60. The van der Waals surface area contributed by atoms with Crippen molar-refractivity contribution in [3.8, 4) is 5.75 Å². The van der Waals surface area contributed by atoms with Crippen LogP contribution in [0, 0.1) is 5.92 Å². The summed E-state index contributed by atoms with van der Waals surface area (Å²) in [7, 11) is 5.37. The van der Waals surface area contributed by atoms with Crippen molar-refractivity contribution >= 4 is 17.7 Å². The van der Waals surface area contributed by atoms with E-state index in [1.54, 1.807) is 7.11 Å². The van der Waals surface area contributed by atoms with Gasteiger partial charge in [0.1, 0.15) is 11.4 Å². The maximum absolute atomic E-state index is 13.5. The molecule has 2 aromatic rings. The molecule has 7 heteroatoms. The van der Waals surface area contributed by atoms with E-state index in [2.05, 4.69) is 0 Å². The highest BCUT2D eigenvalue weighted by molar-refractivity contribution is 6.31. The molecule has 0 aromatic heterocycles. The first kappa shape index (κ1) is 23.6. The van der Waals surface area contributed by atoms with E-state index in [1.165, 1.54) is 12.1 Å². The van der Waals surface area contributed by atoms with E-state index in [0.717, 1.165) is 18.1 Å². The van der Waals surface area contributed by atoms with Crippen LogP contribution in [-0.4, -0.2) is 37.8 Å². The quantitative estimate of drug-likeness (QED) is 0.602. The number of ether oxygens (including phenoxy) is 1. The lowest BCUT2D eigenvalue weighted by Crippen LogP contribution is -2.44. The van der Waals surface area contributed by atoms with Crippen LogP contribution in [0.4, 0.5) is 13.2 Å². The van der Waals surface area contributed by atoms with Gasteiger partial charge in [0, 0.05) is 12.5 Å². The number of halogens is 4. The molecule has 31 heavy (non-hydrogen) atoms. The predicted molar refractivity (Wildman–Crippen MR) is 117 cm³/mol. The smallest absolute Gasteiger partial charge is 0.417 e. The predicted octanol–water partition coefficient (Wildman–Crippen LogP) is 6.00. The molecule has 1 N–H and O–H groups in total. The number of methoxy groups -OCH3 is 1. The summed E-state index contributed by atoms with van der Waals surface area (Å²) >= 11 is 5.84. The van der Waals surface area contributed by atoms with E-state index in [0.29, 0.717) is 30.7 Å². The highest BCUT2D eigenvalue weighted by Gasteiger charge is 2.45. The summed E-state index contributed by atoms with van der Waals surface area (Å²) in [6.07, 6.45) is -0.574. The topological polar surface area (TPSA) is 32.7 Å². The van der Waals surface area contributed by atoms with Crippen LogP contribution in [0.3, 0.4) is 0 Å². The van der Waals surface area contributed by atoms with Crippen molar-refractivity contribution in [2.24, 2.45) is 5.92 Å². The number of hydrogen-bond acceptors (Lipinski definition) is 3. The fraction of sp³-hybridized carbons (Fsp3) is 0.417. The third-order valence-corrected chi connectivity index (χ3v) is 6.16. The Morgan fingerprint density at radius 2 is 1.87 bits per heavy atom. The molecule has 1 saturated carbocycles. The molecule has 0 aliphatic heterocycles. The van der Waals surface area contributed by atoms with E-state index >= 15 is 0 Å². The molecular formula is C24H27ClF3NO2. The van der Waals surface area contributed by atoms with Crippen LogP contribution in [0.5, 0.6) is 5.75 Å². The van der Waals surface area contributed by atoms with Crippen LogP contribution in [0.15, 0.2) is 48.0 Å². The largest absolute Gasteiger partial charge is 0.497 e. The van der Waals surface area contributed by atoms with E-state index in [9.17, 15) is 18.3 Å². The van der Waals surface area contributed by atoms with Crippen molar-refractivity contribution in [1.82, 2.24) is 4.90 Å². The average Bonchev–Trinajstić information content (AvgIpc) is 2.70. The first-order chi connectivity index (χ1) is 14.6. The van der Waals surface area contributed by atoms with Gasteiger partial charge in [-0.3, -0.25) is 0 Å². The summed E-state index contributed by atoms with van der Waals surface area (Å²) in [6, 6.07) is 11.1. The number of alkyl halides is 3. The fourth-order valence-electron chi connectivity index (χ4n) is 4.35. The van der Waals surface area contributed by atoms with Crippen LogP contribution in [0.25, 0.3) is 6.08 Å². The van der Waals surface area contributed by atoms with Gasteiger partial charge in [0.05, 0.1) is 17.7 Å². The average molecular weight is 454 g/mol. The zero-order valence-corrected chi connectivity index (χ0v) is 18.6. The Kier molecular flexibility index (Phi) is 7.04. The molecule has 2 aromatic carbocycles. The lowest BCUT2D eigenvalue weighted by molar-refractivity contribution is -0.137. The monoisotopic (exact) mass is 453 g/mol. The van der Waals surface area contributed by atoms with Crippen LogP contribution < -0.4 is 4.74 Å². The standard InChI is InChI=1S/C24H27ClF3NO2/c1-29(2)15-19-6-4-5-17(13-16-7-10-20(31-3)11-8-16)23(19,30)18-9-12-22(25)21(14-18)24(26,27)28/h7-14,19,30H,4-6,15H2,1-3H3. The minimum Gasteiger partial charge on any atom is -0.497 e. The molecule has 3 nitrogen and oxygen atoms in total. The van der Waals surface area contributed by atoms with Crippen molar-refractivity contribution < 1.29 is 23.0 Å². The molecule has 0 radical (unpaired) electrons. The Hall–Kier alpha value is -2.02. The zero-order chi connectivity index (χ0) is 22.8. The highest BCUT2D eigenvalue weighted by atomic mass is 35.5. The summed E-state index contributed by atoms with van der Waals surface area (Å²) in [6.45, 7) is 0.542. The van der Waals surface area contributed by atoms with Crippen molar-refractivity contribution in [2.45, 2.75) is 31.0 Å². The van der Waals surface area contributed by atoms with Gasteiger partial charge in [-0.15, -0.1) is 0 Å². The van der Waals surface area contributed by atoms with Crippen LogP contribution in [-0.2, 0) is 11.8 Å². The van der Waals surface area contributed by atoms with Crippen molar-refractivity contribution in [3.05, 3.63) is 69.8 Å². The van der Waals surface area contributed by atoms with Gasteiger partial charge in [-0.2, -0.15) is 13.2 Å². The van der Waals surface area contributed by atoms with Gasteiger partial charge in [-0.1, -0.05) is 35.9 Å². The fourth-order valence-corrected chi connectivity index (χ4v) is 4.57. The van der Waals surface area contributed by atoms with Crippen molar-refractivity contribution in [2.75, 3.05) is 27.7 Å². The van der Waals surface area contributed by atoms with Crippen LogP contribution in [0.1, 0.15) is 36.0 Å². The van der Waals surface area contributed by atoms with Crippen molar-refractivity contribution in [1.29, 1.82) is 0 Å². The molecule has 1 aliphatic rings. The highest BCUT2D eigenvalue weighted by Crippen LogP contribution is 2.48.